The highest BCUT2D eigenvalue weighted by Gasteiger charge is 2.54. The molecule has 4 fully saturated rings. The fraction of sp³-hybridized carbons (Fsp3) is 0.613. The summed E-state index contributed by atoms with van der Waals surface area (Å²) in [5.41, 5.74) is 9.56. The van der Waals surface area contributed by atoms with E-state index >= 15 is 0 Å². The lowest BCUT2D eigenvalue weighted by Gasteiger charge is -2.48. The van der Waals surface area contributed by atoms with Crippen LogP contribution in [0.4, 0.5) is 15.9 Å². The quantitative estimate of drug-likeness (QED) is 0.530. The van der Waals surface area contributed by atoms with Gasteiger partial charge in [0.15, 0.2) is 0 Å². The number of alkyl halides is 1. The summed E-state index contributed by atoms with van der Waals surface area (Å²) in [6, 6.07) is 6.46. The summed E-state index contributed by atoms with van der Waals surface area (Å²) >= 11 is 0. The average Bonchev–Trinajstić information content (AvgIpc) is 3.62. The van der Waals surface area contributed by atoms with Crippen molar-refractivity contribution in [2.45, 2.75) is 75.3 Å². The zero-order valence-corrected chi connectivity index (χ0v) is 23.8. The maximum atomic E-state index is 14.4. The Morgan fingerprint density at radius 2 is 2.12 bits per heavy atom. The van der Waals surface area contributed by atoms with Gasteiger partial charge in [0.25, 0.3) is 0 Å². The fourth-order valence-electron chi connectivity index (χ4n) is 8.67. The van der Waals surface area contributed by atoms with Crippen molar-refractivity contribution in [3.8, 4) is 12.1 Å². The van der Waals surface area contributed by atoms with Crippen molar-refractivity contribution in [3.63, 3.8) is 0 Å². The molecule has 1 aromatic carbocycles. The number of hydrogen-bond acceptors (Lipinski definition) is 9. The summed E-state index contributed by atoms with van der Waals surface area (Å²) in [5.74, 6) is 0.853. The molecule has 2 spiro atoms. The van der Waals surface area contributed by atoms with Gasteiger partial charge in [0.2, 0.25) is 5.91 Å². The first-order valence-electron chi connectivity index (χ1n) is 15.2. The third kappa shape index (κ3) is 3.77. The van der Waals surface area contributed by atoms with Crippen LogP contribution in [0.2, 0.25) is 0 Å². The molecule has 4 saturated heterocycles. The highest BCUT2D eigenvalue weighted by molar-refractivity contribution is 5.88. The molecule has 6 heterocycles. The summed E-state index contributed by atoms with van der Waals surface area (Å²) in [6.07, 6.45) is 5.43. The van der Waals surface area contributed by atoms with Crippen molar-refractivity contribution in [3.05, 3.63) is 40.1 Å². The van der Waals surface area contributed by atoms with Crippen molar-refractivity contribution < 1.29 is 18.7 Å². The van der Waals surface area contributed by atoms with Gasteiger partial charge in [-0.05, 0) is 56.7 Å². The Morgan fingerprint density at radius 1 is 1.24 bits per heavy atom. The first kappa shape index (κ1) is 26.2. The maximum Gasteiger partial charge on any atom is 0.318 e. The largest absolute Gasteiger partial charge is 0.461 e. The molecule has 1 aliphatic carbocycles. The van der Waals surface area contributed by atoms with Crippen molar-refractivity contribution in [1.29, 1.82) is 5.26 Å². The van der Waals surface area contributed by atoms with E-state index in [2.05, 4.69) is 21.2 Å². The van der Waals surface area contributed by atoms with Gasteiger partial charge >= 0.3 is 6.01 Å². The number of fused-ring (bicyclic) bond motifs is 4. The minimum atomic E-state index is -0.839. The van der Waals surface area contributed by atoms with Crippen LogP contribution in [0.5, 0.6) is 6.01 Å². The summed E-state index contributed by atoms with van der Waals surface area (Å²) in [7, 11) is 0. The first-order chi connectivity index (χ1) is 20.3. The van der Waals surface area contributed by atoms with Gasteiger partial charge in [-0.25, -0.2) is 4.39 Å². The van der Waals surface area contributed by atoms with E-state index in [1.807, 2.05) is 12.1 Å². The molecule has 42 heavy (non-hydrogen) atoms. The van der Waals surface area contributed by atoms with E-state index in [-0.39, 0.29) is 22.9 Å². The molecular formula is C31H36FN7O3. The molecule has 0 bridgehead atoms. The summed E-state index contributed by atoms with van der Waals surface area (Å²) in [4.78, 5) is 26.8. The van der Waals surface area contributed by atoms with E-state index in [1.165, 1.54) is 0 Å². The molecule has 11 heteroatoms. The van der Waals surface area contributed by atoms with Crippen LogP contribution in [0, 0.1) is 16.7 Å². The second-order valence-corrected chi connectivity index (χ2v) is 13.3. The first-order valence-corrected chi connectivity index (χ1v) is 15.2. The number of nitrogens with one attached hydrogen (secondary N) is 1. The minimum absolute atomic E-state index is 0.108. The number of aryl methyl sites for hydroxylation is 1. The number of amides is 1. The van der Waals surface area contributed by atoms with E-state index in [0.29, 0.717) is 63.5 Å². The SMILES string of the molecule is N#Cc1c(N)ccc2c1[C@]1(CCC2)Cc2nc(OC[C@@]34CCCN3C[C@H](F)C4)nc(N3CC4(CCNC4=O)C3)c2CO1. The van der Waals surface area contributed by atoms with Gasteiger partial charge in [-0.1, -0.05) is 6.07 Å². The summed E-state index contributed by atoms with van der Waals surface area (Å²) in [5, 5.41) is 13.0. The van der Waals surface area contributed by atoms with Crippen LogP contribution in [0.1, 0.15) is 66.5 Å². The van der Waals surface area contributed by atoms with Crippen LogP contribution >= 0.6 is 0 Å². The van der Waals surface area contributed by atoms with Gasteiger partial charge in [0, 0.05) is 55.8 Å². The molecular weight excluding hydrogens is 537 g/mol. The Hall–Kier alpha value is -3.49. The monoisotopic (exact) mass is 573 g/mol. The second kappa shape index (κ2) is 9.25. The number of ether oxygens (including phenoxy) is 2. The standard InChI is InChI=1S/C31H36FN7O3/c32-20-11-30(6-2-10-39(30)14-20)18-41-28-36-24-12-31(7-1-3-19-4-5-23(34)21(13-33)25(19)31)42-15-22(24)26(37-28)38-16-29(17-38)8-9-35-27(29)40/h4-5,20H,1-3,6-12,14-18,34H2,(H,35,40)/t20-,30+,31+/m1/s1. The Balaban J connectivity index is 1.16. The number of rotatable bonds is 4. The van der Waals surface area contributed by atoms with E-state index < -0.39 is 11.8 Å². The highest BCUT2D eigenvalue weighted by atomic mass is 19.1. The molecule has 6 aliphatic rings. The molecule has 220 valence electrons. The van der Waals surface area contributed by atoms with Crippen LogP contribution in [-0.4, -0.2) is 71.8 Å². The molecule has 10 nitrogen and oxygen atoms in total. The number of nitriles is 1. The van der Waals surface area contributed by atoms with Crippen LogP contribution in [0.15, 0.2) is 12.1 Å². The average molecular weight is 574 g/mol. The van der Waals surface area contributed by atoms with E-state index in [9.17, 15) is 14.4 Å². The van der Waals surface area contributed by atoms with Crippen LogP contribution in [0.25, 0.3) is 0 Å². The van der Waals surface area contributed by atoms with Gasteiger partial charge in [-0.2, -0.15) is 15.2 Å². The summed E-state index contributed by atoms with van der Waals surface area (Å²) < 4.78 is 27.5. The van der Waals surface area contributed by atoms with Gasteiger partial charge in [-0.3, -0.25) is 9.69 Å². The van der Waals surface area contributed by atoms with Crippen LogP contribution in [0.3, 0.4) is 0 Å². The molecule has 1 aromatic heterocycles. The van der Waals surface area contributed by atoms with Gasteiger partial charge in [0.1, 0.15) is 30.3 Å². The molecule has 3 N–H and O–H groups in total. The Bertz CT molecular complexity index is 1520. The zero-order valence-electron chi connectivity index (χ0n) is 23.8. The summed E-state index contributed by atoms with van der Waals surface area (Å²) in [6.45, 7) is 3.87. The molecule has 5 aliphatic heterocycles. The molecule has 2 aromatic rings. The van der Waals surface area contributed by atoms with Crippen molar-refractivity contribution >= 4 is 17.4 Å². The number of hydrogen-bond donors (Lipinski definition) is 2. The van der Waals surface area contributed by atoms with E-state index in [1.54, 1.807) is 0 Å². The number of aromatic nitrogens is 2. The number of nitrogens with zero attached hydrogens (tertiary/aromatic N) is 5. The van der Waals surface area contributed by atoms with Crippen molar-refractivity contribution in [2.75, 3.05) is 50.0 Å². The molecule has 3 atom stereocenters. The van der Waals surface area contributed by atoms with Crippen LogP contribution < -0.4 is 20.7 Å². The normalized spacial score (nSPS) is 30.9. The van der Waals surface area contributed by atoms with Crippen LogP contribution in [-0.2, 0) is 34.6 Å². The van der Waals surface area contributed by atoms with Gasteiger partial charge < -0.3 is 25.4 Å². The number of carbonyl (C=O) groups is 1. The zero-order chi connectivity index (χ0) is 28.7. The third-order valence-electron chi connectivity index (χ3n) is 10.8. The maximum absolute atomic E-state index is 14.4. The van der Waals surface area contributed by atoms with Gasteiger partial charge in [0.05, 0.1) is 28.8 Å². The Labute approximate surface area is 244 Å². The molecule has 0 radical (unpaired) electrons. The van der Waals surface area contributed by atoms with E-state index in [4.69, 9.17) is 25.2 Å². The van der Waals surface area contributed by atoms with Crippen molar-refractivity contribution in [1.82, 2.24) is 20.2 Å². The number of anilines is 2. The number of nitrogen functional groups attached to an aromatic ring is 1. The molecule has 8 rings (SSSR count). The lowest BCUT2D eigenvalue weighted by molar-refractivity contribution is -0.128. The Kier molecular flexibility index (Phi) is 5.76. The molecule has 0 unspecified atom stereocenters. The number of carbonyl (C=O) groups excluding carboxylic acids is 1. The fourth-order valence-corrected chi connectivity index (χ4v) is 8.67. The van der Waals surface area contributed by atoms with E-state index in [0.717, 1.165) is 73.3 Å². The lowest BCUT2D eigenvalue weighted by Crippen LogP contribution is -2.60. The topological polar surface area (TPSA) is 130 Å². The van der Waals surface area contributed by atoms with Crippen molar-refractivity contribution in [2.24, 2.45) is 5.41 Å². The minimum Gasteiger partial charge on any atom is -0.461 e. The number of benzene rings is 1. The number of nitrogens with two attached hydrogens (primary N) is 1. The predicted octanol–water partition coefficient (Wildman–Crippen LogP) is 2.52. The second-order valence-electron chi connectivity index (χ2n) is 13.3. The Morgan fingerprint density at radius 3 is 2.93 bits per heavy atom. The predicted molar refractivity (Wildman–Crippen MR) is 152 cm³/mol. The molecule has 0 saturated carbocycles. The van der Waals surface area contributed by atoms with Gasteiger partial charge in [-0.15, -0.1) is 0 Å². The third-order valence-corrected chi connectivity index (χ3v) is 10.8. The lowest BCUT2D eigenvalue weighted by atomic mass is 9.72. The smallest absolute Gasteiger partial charge is 0.318 e. The number of halogens is 1. The highest BCUT2D eigenvalue weighted by Crippen LogP contribution is 2.49. The molecule has 1 amide bonds.